The summed E-state index contributed by atoms with van der Waals surface area (Å²) in [6.45, 7) is -3.50. The van der Waals surface area contributed by atoms with Crippen LogP contribution >= 0.6 is 23.2 Å². The molecule has 0 radical (unpaired) electrons. The maximum Gasteiger partial charge on any atom is 0.387 e. The fourth-order valence-corrected chi connectivity index (χ4v) is 7.18. The molecule has 2 amide bonds. The predicted molar refractivity (Wildman–Crippen MR) is 185 cm³/mol. The monoisotopic (exact) mass is 793 g/mol. The Labute approximate surface area is 312 Å². The zero-order valence-electron chi connectivity index (χ0n) is 27.9. The first kappa shape index (κ1) is 37.7. The van der Waals surface area contributed by atoms with Gasteiger partial charge in [-0.3, -0.25) is 23.6 Å². The van der Waals surface area contributed by atoms with Crippen molar-refractivity contribution in [2.75, 3.05) is 30.3 Å². The Balaban J connectivity index is 1.24. The SMILES string of the molecule is CS(=O)(=O)N(CCn1ccnc1)c1ccc2c(c1)C(=O)N(CC(=O)O[C@@H](Cc1c(Cl)c[n+]([O-])cc1Cl)c1ccc(OC(F)F)c(OCC3CC3)c1)C2=O. The number of anilines is 1. The van der Waals surface area contributed by atoms with Crippen LogP contribution in [0.1, 0.15) is 50.8 Å². The summed E-state index contributed by atoms with van der Waals surface area (Å²) < 4.78 is 71.2. The number of alkyl halides is 2. The first-order valence-electron chi connectivity index (χ1n) is 16.1. The van der Waals surface area contributed by atoms with Crippen molar-refractivity contribution in [3.63, 3.8) is 0 Å². The molecule has 14 nitrogen and oxygen atoms in total. The van der Waals surface area contributed by atoms with E-state index in [0.717, 1.165) is 35.8 Å². The van der Waals surface area contributed by atoms with Crippen LogP contribution in [0.2, 0.25) is 10.0 Å². The van der Waals surface area contributed by atoms with Crippen molar-refractivity contribution in [3.8, 4) is 11.5 Å². The molecular weight excluding hydrogens is 763 g/mol. The maximum atomic E-state index is 13.5. The lowest BCUT2D eigenvalue weighted by molar-refractivity contribution is -0.605. The number of carbonyl (C=O) groups is 3. The number of aromatic nitrogens is 3. The highest BCUT2D eigenvalue weighted by atomic mass is 35.5. The number of ether oxygens (including phenoxy) is 3. The van der Waals surface area contributed by atoms with E-state index in [0.29, 0.717) is 9.63 Å². The molecule has 3 heterocycles. The second-order valence-electron chi connectivity index (χ2n) is 12.4. The summed E-state index contributed by atoms with van der Waals surface area (Å²) in [5, 5.41) is 11.8. The lowest BCUT2D eigenvalue weighted by Gasteiger charge is -2.23. The first-order valence-corrected chi connectivity index (χ1v) is 18.7. The summed E-state index contributed by atoms with van der Waals surface area (Å²) in [5.41, 5.74) is 0.414. The van der Waals surface area contributed by atoms with Crippen molar-refractivity contribution in [2.45, 2.75) is 38.5 Å². The van der Waals surface area contributed by atoms with E-state index in [1.807, 2.05) is 0 Å². The second-order valence-corrected chi connectivity index (χ2v) is 15.1. The molecule has 2 aromatic carbocycles. The number of pyridine rings is 1. The van der Waals surface area contributed by atoms with Crippen LogP contribution in [0.25, 0.3) is 0 Å². The highest BCUT2D eigenvalue weighted by Crippen LogP contribution is 2.38. The summed E-state index contributed by atoms with van der Waals surface area (Å²) in [5.74, 6) is -2.75. The zero-order chi connectivity index (χ0) is 38.0. The average Bonchev–Trinajstić information content (AvgIpc) is 3.72. The van der Waals surface area contributed by atoms with Gasteiger partial charge in [0.05, 0.1) is 42.5 Å². The molecule has 4 aromatic rings. The van der Waals surface area contributed by atoms with Crippen LogP contribution < -0.4 is 18.5 Å². The molecule has 0 unspecified atom stereocenters. The molecule has 1 saturated carbocycles. The number of nitrogens with zero attached hydrogens (tertiary/aromatic N) is 5. The van der Waals surface area contributed by atoms with Crippen molar-refractivity contribution < 1.29 is 50.5 Å². The van der Waals surface area contributed by atoms with Crippen LogP contribution in [-0.4, -0.2) is 73.2 Å². The highest BCUT2D eigenvalue weighted by molar-refractivity contribution is 7.92. The van der Waals surface area contributed by atoms with Crippen LogP contribution in [0.4, 0.5) is 14.5 Å². The number of esters is 1. The third-order valence-electron chi connectivity index (χ3n) is 8.50. The summed E-state index contributed by atoms with van der Waals surface area (Å²) in [6.07, 6.45) is 8.19. The van der Waals surface area contributed by atoms with Gasteiger partial charge < -0.3 is 24.0 Å². The number of carbonyl (C=O) groups excluding carboxylic acids is 3. The van der Waals surface area contributed by atoms with E-state index < -0.39 is 47.1 Å². The Morgan fingerprint density at radius 1 is 1.08 bits per heavy atom. The van der Waals surface area contributed by atoms with Gasteiger partial charge in [-0.05, 0) is 54.7 Å². The summed E-state index contributed by atoms with van der Waals surface area (Å²) in [7, 11) is -3.82. The number of hydrogen-bond donors (Lipinski definition) is 0. The number of hydrogen-bond acceptors (Lipinski definition) is 10. The molecule has 0 N–H and O–H groups in total. The van der Waals surface area contributed by atoms with Gasteiger partial charge in [0.25, 0.3) is 11.8 Å². The Kier molecular flexibility index (Phi) is 11.1. The Morgan fingerprint density at radius 3 is 2.43 bits per heavy atom. The molecule has 1 aliphatic heterocycles. The molecule has 2 aliphatic rings. The molecule has 19 heteroatoms. The molecule has 2 aromatic heterocycles. The molecule has 6 rings (SSSR count). The van der Waals surface area contributed by atoms with Gasteiger partial charge in [0.2, 0.25) is 10.0 Å². The van der Waals surface area contributed by atoms with Crippen LogP contribution in [0.3, 0.4) is 0 Å². The van der Waals surface area contributed by atoms with E-state index in [2.05, 4.69) is 9.72 Å². The lowest BCUT2D eigenvalue weighted by Crippen LogP contribution is -2.36. The number of halogens is 4. The Bertz CT molecular complexity index is 2130. The number of imide groups is 1. The fourth-order valence-electron chi connectivity index (χ4n) is 5.68. The van der Waals surface area contributed by atoms with Gasteiger partial charge in [-0.1, -0.05) is 29.3 Å². The van der Waals surface area contributed by atoms with Crippen molar-refractivity contribution in [3.05, 3.63) is 105 Å². The van der Waals surface area contributed by atoms with Crippen LogP contribution in [0, 0.1) is 11.1 Å². The third-order valence-corrected chi connectivity index (χ3v) is 10.3. The third kappa shape index (κ3) is 8.97. The molecule has 53 heavy (non-hydrogen) atoms. The van der Waals surface area contributed by atoms with Gasteiger partial charge in [-0.2, -0.15) is 13.5 Å². The quantitative estimate of drug-likeness (QED) is 0.0666. The number of amides is 2. The minimum Gasteiger partial charge on any atom is -0.619 e. The van der Waals surface area contributed by atoms with Crippen molar-refractivity contribution in [1.29, 1.82) is 0 Å². The van der Waals surface area contributed by atoms with Gasteiger partial charge in [-0.15, -0.1) is 0 Å². The summed E-state index contributed by atoms with van der Waals surface area (Å²) in [6, 6.07) is 7.92. The number of sulfonamides is 1. The zero-order valence-corrected chi connectivity index (χ0v) is 30.2. The molecular formula is C34H31Cl2F2N5O9S. The normalized spacial score (nSPS) is 14.7. The van der Waals surface area contributed by atoms with Crippen molar-refractivity contribution in [2.24, 2.45) is 5.92 Å². The Hall–Kier alpha value is -5.00. The van der Waals surface area contributed by atoms with Crippen LogP contribution in [0.15, 0.2) is 67.5 Å². The van der Waals surface area contributed by atoms with Crippen molar-refractivity contribution in [1.82, 2.24) is 14.5 Å². The number of fused-ring (bicyclic) bond motifs is 1. The van der Waals surface area contributed by atoms with Gasteiger partial charge >= 0.3 is 12.6 Å². The smallest absolute Gasteiger partial charge is 0.387 e. The van der Waals surface area contributed by atoms with Gasteiger partial charge in [0.1, 0.15) is 22.7 Å². The fraction of sp³-hybridized carbons (Fsp3) is 0.324. The lowest BCUT2D eigenvalue weighted by atomic mass is 10.0. The van der Waals surface area contributed by atoms with Gasteiger partial charge in [0.15, 0.2) is 23.9 Å². The topological polar surface area (TPSA) is 164 Å². The largest absolute Gasteiger partial charge is 0.619 e. The molecule has 1 fully saturated rings. The first-order chi connectivity index (χ1) is 25.2. The second kappa shape index (κ2) is 15.5. The summed E-state index contributed by atoms with van der Waals surface area (Å²) in [4.78, 5) is 45.0. The van der Waals surface area contributed by atoms with E-state index in [9.17, 15) is 36.8 Å². The molecule has 1 atom stereocenters. The average molecular weight is 795 g/mol. The molecule has 0 spiro atoms. The maximum absolute atomic E-state index is 13.5. The molecule has 280 valence electrons. The minimum absolute atomic E-state index is 0.000383. The van der Waals surface area contributed by atoms with E-state index in [4.69, 9.17) is 32.7 Å². The van der Waals surface area contributed by atoms with Gasteiger partial charge in [-0.25, -0.2) is 13.4 Å². The Morgan fingerprint density at radius 2 is 1.79 bits per heavy atom. The van der Waals surface area contributed by atoms with E-state index in [-0.39, 0.29) is 81.5 Å². The van der Waals surface area contributed by atoms with E-state index in [1.54, 1.807) is 17.0 Å². The molecule has 1 aliphatic carbocycles. The van der Waals surface area contributed by atoms with Crippen LogP contribution in [0.5, 0.6) is 11.5 Å². The highest BCUT2D eigenvalue weighted by Gasteiger charge is 2.38. The van der Waals surface area contributed by atoms with Crippen molar-refractivity contribution >= 4 is 56.7 Å². The number of rotatable bonds is 16. The standard InChI is InChI=1S/C34H31Cl2F2N5O9S/c1-53(48,49)43(11-10-40-9-8-39-19-40)22-5-6-23-24(13-22)33(46)42(32(23)45)17-31(44)51-29(14-25-26(35)15-41(47)16-27(25)36)21-4-7-28(52-34(37)38)30(12-21)50-18-20-2-3-20/h4-9,12-13,15-16,19-20,29,34H,2-3,10-11,14,17-18H2,1H3/t29-/m0/s1. The molecule has 0 bridgehead atoms. The van der Waals surface area contributed by atoms with E-state index in [1.165, 1.54) is 42.7 Å². The number of benzene rings is 2. The van der Waals surface area contributed by atoms with Gasteiger partial charge in [0, 0.05) is 30.9 Å². The van der Waals surface area contributed by atoms with E-state index >= 15 is 0 Å². The number of imidazole rings is 1. The minimum atomic E-state index is -3.82. The summed E-state index contributed by atoms with van der Waals surface area (Å²) >= 11 is 12.7. The van der Waals surface area contributed by atoms with Crippen LogP contribution in [-0.2, 0) is 32.5 Å². The predicted octanol–water partition coefficient (Wildman–Crippen LogP) is 4.80. The molecule has 0 saturated heterocycles.